The van der Waals surface area contributed by atoms with Gasteiger partial charge in [0.05, 0.1) is 25.1 Å². The second kappa shape index (κ2) is 9.19. The van der Waals surface area contributed by atoms with Crippen molar-refractivity contribution >= 4 is 17.7 Å². The second-order valence-electron chi connectivity index (χ2n) is 7.09. The van der Waals surface area contributed by atoms with Gasteiger partial charge in [-0.2, -0.15) is 0 Å². The maximum absolute atomic E-state index is 12.3. The van der Waals surface area contributed by atoms with E-state index >= 15 is 0 Å². The van der Waals surface area contributed by atoms with Crippen LogP contribution in [-0.2, 0) is 17.9 Å². The van der Waals surface area contributed by atoms with Crippen molar-refractivity contribution in [3.05, 3.63) is 78.3 Å². The van der Waals surface area contributed by atoms with Crippen molar-refractivity contribution in [3.63, 3.8) is 0 Å². The fourth-order valence-electron chi connectivity index (χ4n) is 3.34. The Morgan fingerprint density at radius 3 is 2.75 bits per heavy atom. The van der Waals surface area contributed by atoms with Crippen molar-refractivity contribution in [1.29, 1.82) is 0 Å². The molecule has 32 heavy (non-hydrogen) atoms. The first-order valence-electron chi connectivity index (χ1n) is 10.1. The number of hydrogen-bond donors (Lipinski definition) is 1. The van der Waals surface area contributed by atoms with Gasteiger partial charge in [-0.25, -0.2) is 0 Å². The summed E-state index contributed by atoms with van der Waals surface area (Å²) in [6.45, 7) is 1.12. The number of carbonyl (C=O) groups excluding carboxylic acids is 1. The summed E-state index contributed by atoms with van der Waals surface area (Å²) >= 11 is 1.34. The molecule has 9 heteroatoms. The number of carbonyl (C=O) groups is 1. The molecule has 8 nitrogen and oxygen atoms in total. The molecule has 0 bridgehead atoms. The van der Waals surface area contributed by atoms with Crippen LogP contribution in [0.1, 0.15) is 11.3 Å². The zero-order valence-corrected chi connectivity index (χ0v) is 17.9. The van der Waals surface area contributed by atoms with Crippen molar-refractivity contribution < 1.29 is 18.7 Å². The first-order valence-corrected chi connectivity index (χ1v) is 11.0. The quantitative estimate of drug-likeness (QED) is 0.411. The first-order chi connectivity index (χ1) is 15.8. The molecule has 1 amide bonds. The summed E-state index contributed by atoms with van der Waals surface area (Å²) in [6, 6.07) is 19.3. The summed E-state index contributed by atoms with van der Waals surface area (Å²) in [5.41, 5.74) is 1.98. The van der Waals surface area contributed by atoms with Gasteiger partial charge in [-0.1, -0.05) is 48.2 Å². The van der Waals surface area contributed by atoms with Crippen LogP contribution in [0.3, 0.4) is 0 Å². The minimum atomic E-state index is -0.106. The van der Waals surface area contributed by atoms with Gasteiger partial charge in [-0.05, 0) is 29.8 Å². The van der Waals surface area contributed by atoms with E-state index in [9.17, 15) is 4.79 Å². The van der Waals surface area contributed by atoms with Crippen LogP contribution in [0.5, 0.6) is 11.5 Å². The van der Waals surface area contributed by atoms with Gasteiger partial charge in [0.15, 0.2) is 22.5 Å². The highest BCUT2D eigenvalue weighted by Crippen LogP contribution is 2.33. The van der Waals surface area contributed by atoms with E-state index in [-0.39, 0.29) is 18.5 Å². The normalized spacial score (nSPS) is 12.1. The third-order valence-corrected chi connectivity index (χ3v) is 5.87. The number of fused-ring (bicyclic) bond motifs is 1. The molecular weight excluding hydrogens is 428 g/mol. The van der Waals surface area contributed by atoms with Gasteiger partial charge in [0, 0.05) is 5.56 Å². The summed E-state index contributed by atoms with van der Waals surface area (Å²) in [5, 5.41) is 12.3. The number of nitrogens with one attached hydrogen (secondary N) is 1. The minimum Gasteiger partial charge on any atom is -0.467 e. The molecule has 5 rings (SSSR count). The molecule has 0 atom stereocenters. The van der Waals surface area contributed by atoms with Crippen LogP contribution in [0.15, 0.2) is 76.5 Å². The van der Waals surface area contributed by atoms with Crippen molar-refractivity contribution in [1.82, 2.24) is 20.1 Å². The molecule has 0 aliphatic carbocycles. The maximum Gasteiger partial charge on any atom is 0.231 e. The van der Waals surface area contributed by atoms with Gasteiger partial charge in [-0.3, -0.25) is 9.36 Å². The average Bonchev–Trinajstić information content (AvgIpc) is 3.58. The smallest absolute Gasteiger partial charge is 0.231 e. The van der Waals surface area contributed by atoms with Crippen LogP contribution in [0.25, 0.3) is 11.4 Å². The standard InChI is InChI=1S/C23H20N4O4S/c28-21(24-12-18-7-4-10-29-18)14-32-23-26-25-22(17-5-2-1-3-6-17)27(23)13-16-8-9-19-20(11-16)31-15-30-19/h1-11H,12-15H2,(H,24,28). The number of rotatable bonds is 8. The Labute approximate surface area is 188 Å². The molecule has 162 valence electrons. The van der Waals surface area contributed by atoms with E-state index in [4.69, 9.17) is 13.9 Å². The molecule has 0 unspecified atom stereocenters. The van der Waals surface area contributed by atoms with E-state index in [1.165, 1.54) is 11.8 Å². The van der Waals surface area contributed by atoms with Crippen molar-refractivity contribution in [2.75, 3.05) is 12.5 Å². The zero-order chi connectivity index (χ0) is 21.8. The number of benzene rings is 2. The van der Waals surface area contributed by atoms with E-state index in [0.29, 0.717) is 24.0 Å². The van der Waals surface area contributed by atoms with Gasteiger partial charge < -0.3 is 19.2 Å². The van der Waals surface area contributed by atoms with Crippen LogP contribution in [0, 0.1) is 0 Å². The van der Waals surface area contributed by atoms with Gasteiger partial charge in [-0.15, -0.1) is 10.2 Å². The molecule has 1 N–H and O–H groups in total. The van der Waals surface area contributed by atoms with Crippen molar-refractivity contribution in [3.8, 4) is 22.9 Å². The van der Waals surface area contributed by atoms with E-state index in [0.717, 1.165) is 28.5 Å². The van der Waals surface area contributed by atoms with E-state index in [1.54, 1.807) is 12.3 Å². The number of ether oxygens (including phenoxy) is 2. The van der Waals surface area contributed by atoms with Crippen LogP contribution in [0.4, 0.5) is 0 Å². The van der Waals surface area contributed by atoms with E-state index in [1.807, 2.05) is 59.2 Å². The number of furan rings is 1. The van der Waals surface area contributed by atoms with E-state index in [2.05, 4.69) is 15.5 Å². The van der Waals surface area contributed by atoms with Gasteiger partial charge in [0.1, 0.15) is 5.76 Å². The summed E-state index contributed by atoms with van der Waals surface area (Å²) < 4.78 is 18.2. The molecular formula is C23H20N4O4S. The summed E-state index contributed by atoms with van der Waals surface area (Å²) in [4.78, 5) is 12.3. The fourth-order valence-corrected chi connectivity index (χ4v) is 4.11. The predicted octanol–water partition coefficient (Wildman–Crippen LogP) is 3.72. The molecule has 4 aromatic rings. The maximum atomic E-state index is 12.3. The Hall–Kier alpha value is -3.72. The molecule has 0 saturated carbocycles. The highest BCUT2D eigenvalue weighted by molar-refractivity contribution is 7.99. The average molecular weight is 449 g/mol. The van der Waals surface area contributed by atoms with Crippen LogP contribution in [-0.4, -0.2) is 33.2 Å². The van der Waals surface area contributed by atoms with Crippen LogP contribution in [0.2, 0.25) is 0 Å². The Balaban J connectivity index is 1.35. The third kappa shape index (κ3) is 4.47. The SMILES string of the molecule is O=C(CSc1nnc(-c2ccccc2)n1Cc1ccc2c(c1)OCO2)NCc1ccco1. The first kappa shape index (κ1) is 20.2. The Kier molecular flexibility index (Phi) is 5.80. The largest absolute Gasteiger partial charge is 0.467 e. The zero-order valence-electron chi connectivity index (χ0n) is 17.1. The molecule has 2 aromatic carbocycles. The predicted molar refractivity (Wildman–Crippen MR) is 118 cm³/mol. The van der Waals surface area contributed by atoms with Gasteiger partial charge in [0.2, 0.25) is 12.7 Å². The highest BCUT2D eigenvalue weighted by atomic mass is 32.2. The number of hydrogen-bond acceptors (Lipinski definition) is 7. The van der Waals surface area contributed by atoms with Crippen LogP contribution < -0.4 is 14.8 Å². The van der Waals surface area contributed by atoms with Gasteiger partial charge in [0.25, 0.3) is 0 Å². The molecule has 1 aliphatic rings. The minimum absolute atomic E-state index is 0.106. The Morgan fingerprint density at radius 1 is 1.03 bits per heavy atom. The monoisotopic (exact) mass is 448 g/mol. The lowest BCUT2D eigenvalue weighted by molar-refractivity contribution is -0.118. The van der Waals surface area contributed by atoms with Gasteiger partial charge >= 0.3 is 0 Å². The summed E-state index contributed by atoms with van der Waals surface area (Å²) in [6.07, 6.45) is 1.58. The molecule has 0 fully saturated rings. The lowest BCUT2D eigenvalue weighted by Gasteiger charge is -2.11. The molecule has 0 spiro atoms. The lowest BCUT2D eigenvalue weighted by atomic mass is 10.2. The molecule has 1 aliphatic heterocycles. The molecule has 2 aromatic heterocycles. The van der Waals surface area contributed by atoms with Crippen LogP contribution >= 0.6 is 11.8 Å². The summed E-state index contributed by atoms with van der Waals surface area (Å²) in [5.74, 6) is 3.02. The molecule has 3 heterocycles. The van der Waals surface area contributed by atoms with Crippen molar-refractivity contribution in [2.45, 2.75) is 18.2 Å². The number of nitrogens with zero attached hydrogens (tertiary/aromatic N) is 3. The second-order valence-corrected chi connectivity index (χ2v) is 8.03. The number of aromatic nitrogens is 3. The number of amides is 1. The molecule has 0 saturated heterocycles. The lowest BCUT2D eigenvalue weighted by Crippen LogP contribution is -2.24. The Bertz CT molecular complexity index is 1210. The van der Waals surface area contributed by atoms with E-state index < -0.39 is 0 Å². The third-order valence-electron chi connectivity index (χ3n) is 4.90. The Morgan fingerprint density at radius 2 is 1.91 bits per heavy atom. The molecule has 0 radical (unpaired) electrons. The fraction of sp³-hybridized carbons (Fsp3) is 0.174. The topological polar surface area (TPSA) is 91.4 Å². The summed E-state index contributed by atoms with van der Waals surface area (Å²) in [7, 11) is 0. The highest BCUT2D eigenvalue weighted by Gasteiger charge is 2.18. The number of thioether (sulfide) groups is 1. The van der Waals surface area contributed by atoms with Crippen molar-refractivity contribution in [2.24, 2.45) is 0 Å².